The molecule has 0 heterocycles. The highest BCUT2D eigenvalue weighted by molar-refractivity contribution is 5.96. The maximum Gasteiger partial charge on any atom is 0.162 e. The lowest BCUT2D eigenvalue weighted by atomic mass is 9.85. The van der Waals surface area contributed by atoms with E-state index in [-0.39, 0.29) is 0 Å². The molecular formula is C19H28O. The van der Waals surface area contributed by atoms with E-state index >= 15 is 0 Å². The van der Waals surface area contributed by atoms with Crippen LogP contribution in [0.5, 0.6) is 0 Å². The molecule has 0 bridgehead atoms. The molecule has 0 spiro atoms. The van der Waals surface area contributed by atoms with Gasteiger partial charge in [0.2, 0.25) is 0 Å². The Morgan fingerprint density at radius 1 is 1.15 bits per heavy atom. The zero-order chi connectivity index (χ0) is 14.4. The fourth-order valence-electron chi connectivity index (χ4n) is 3.19. The summed E-state index contributed by atoms with van der Waals surface area (Å²) in [5.74, 6) is 1.71. The molecule has 0 radical (unpaired) electrons. The van der Waals surface area contributed by atoms with E-state index in [0.717, 1.165) is 30.7 Å². The quantitative estimate of drug-likeness (QED) is 0.603. The molecule has 1 unspecified atom stereocenters. The predicted octanol–water partition coefficient (Wildman–Crippen LogP) is 5.74. The minimum Gasteiger partial charge on any atom is -0.294 e. The standard InChI is InChI=1S/C19H28O/c1-3-15(2)17-10-12-18(13-11-17)19(20)14-9-16-7-5-4-6-8-16/h10-13,15-16H,3-9,14H2,1-2H3. The van der Waals surface area contributed by atoms with Crippen LogP contribution in [0.3, 0.4) is 0 Å². The molecule has 1 atom stereocenters. The van der Waals surface area contributed by atoms with Gasteiger partial charge in [-0.3, -0.25) is 4.79 Å². The van der Waals surface area contributed by atoms with Crippen molar-refractivity contribution in [1.29, 1.82) is 0 Å². The number of rotatable bonds is 6. The summed E-state index contributed by atoms with van der Waals surface area (Å²) in [6.07, 6.45) is 9.75. The Morgan fingerprint density at radius 2 is 1.80 bits per heavy atom. The molecule has 0 aliphatic heterocycles. The van der Waals surface area contributed by atoms with Crippen molar-refractivity contribution in [2.45, 2.75) is 71.1 Å². The van der Waals surface area contributed by atoms with E-state index in [1.54, 1.807) is 0 Å². The predicted molar refractivity (Wildman–Crippen MR) is 85.3 cm³/mol. The smallest absolute Gasteiger partial charge is 0.162 e. The zero-order valence-electron chi connectivity index (χ0n) is 13.0. The molecule has 0 N–H and O–H groups in total. The summed E-state index contributed by atoms with van der Waals surface area (Å²) >= 11 is 0. The Morgan fingerprint density at radius 3 is 2.40 bits per heavy atom. The maximum atomic E-state index is 12.2. The van der Waals surface area contributed by atoms with E-state index in [2.05, 4.69) is 26.0 Å². The Bertz CT molecular complexity index is 412. The lowest BCUT2D eigenvalue weighted by Crippen LogP contribution is -2.09. The van der Waals surface area contributed by atoms with Gasteiger partial charge in [-0.1, -0.05) is 70.2 Å². The first-order valence-corrected chi connectivity index (χ1v) is 8.34. The average Bonchev–Trinajstić information content (AvgIpc) is 2.53. The molecule has 1 saturated carbocycles. The SMILES string of the molecule is CCC(C)c1ccc(C(=O)CCC2CCCCC2)cc1. The third kappa shape index (κ3) is 4.19. The Labute approximate surface area is 123 Å². The topological polar surface area (TPSA) is 17.1 Å². The molecular weight excluding hydrogens is 244 g/mol. The second kappa shape index (κ2) is 7.61. The van der Waals surface area contributed by atoms with Gasteiger partial charge in [-0.25, -0.2) is 0 Å². The molecule has 1 aromatic rings. The minimum atomic E-state index is 0.325. The average molecular weight is 272 g/mol. The highest BCUT2D eigenvalue weighted by Gasteiger charge is 2.15. The van der Waals surface area contributed by atoms with Crippen LogP contribution in [0.1, 0.15) is 87.1 Å². The summed E-state index contributed by atoms with van der Waals surface area (Å²) < 4.78 is 0. The van der Waals surface area contributed by atoms with Crippen molar-refractivity contribution < 1.29 is 4.79 Å². The van der Waals surface area contributed by atoms with Crippen molar-refractivity contribution in [3.63, 3.8) is 0 Å². The van der Waals surface area contributed by atoms with Crippen LogP contribution in [-0.2, 0) is 0 Å². The van der Waals surface area contributed by atoms with Gasteiger partial charge in [-0.05, 0) is 30.2 Å². The Balaban J connectivity index is 1.85. The van der Waals surface area contributed by atoms with Gasteiger partial charge >= 0.3 is 0 Å². The normalized spacial score (nSPS) is 17.9. The number of carbonyl (C=O) groups excluding carboxylic acids is 1. The molecule has 1 aromatic carbocycles. The van der Waals surface area contributed by atoms with Crippen LogP contribution in [0, 0.1) is 5.92 Å². The lowest BCUT2D eigenvalue weighted by molar-refractivity contribution is 0.0970. The molecule has 0 amide bonds. The minimum absolute atomic E-state index is 0.325. The van der Waals surface area contributed by atoms with Crippen molar-refractivity contribution in [2.24, 2.45) is 5.92 Å². The summed E-state index contributed by atoms with van der Waals surface area (Å²) in [7, 11) is 0. The van der Waals surface area contributed by atoms with Gasteiger partial charge in [0.25, 0.3) is 0 Å². The number of benzene rings is 1. The summed E-state index contributed by atoms with van der Waals surface area (Å²) in [5.41, 5.74) is 2.24. The monoisotopic (exact) mass is 272 g/mol. The van der Waals surface area contributed by atoms with Crippen LogP contribution in [0.25, 0.3) is 0 Å². The van der Waals surface area contributed by atoms with Crippen LogP contribution in [0.2, 0.25) is 0 Å². The first kappa shape index (κ1) is 15.3. The lowest BCUT2D eigenvalue weighted by Gasteiger charge is -2.20. The Kier molecular flexibility index (Phi) is 5.82. The molecule has 1 nitrogen and oxygen atoms in total. The number of hydrogen-bond donors (Lipinski definition) is 0. The van der Waals surface area contributed by atoms with Crippen molar-refractivity contribution in [2.75, 3.05) is 0 Å². The second-order valence-electron chi connectivity index (χ2n) is 6.40. The van der Waals surface area contributed by atoms with Gasteiger partial charge in [-0.15, -0.1) is 0 Å². The van der Waals surface area contributed by atoms with E-state index < -0.39 is 0 Å². The van der Waals surface area contributed by atoms with Gasteiger partial charge in [0.15, 0.2) is 5.78 Å². The summed E-state index contributed by atoms with van der Waals surface area (Å²) in [5, 5.41) is 0. The molecule has 1 fully saturated rings. The molecule has 1 aliphatic carbocycles. The van der Waals surface area contributed by atoms with Gasteiger partial charge in [0.05, 0.1) is 0 Å². The number of carbonyl (C=O) groups is 1. The van der Waals surface area contributed by atoms with E-state index in [0.29, 0.717) is 11.7 Å². The van der Waals surface area contributed by atoms with Crippen LogP contribution < -0.4 is 0 Å². The summed E-state index contributed by atoms with van der Waals surface area (Å²) in [6.45, 7) is 4.44. The molecule has 0 saturated heterocycles. The first-order valence-electron chi connectivity index (χ1n) is 8.34. The van der Waals surface area contributed by atoms with E-state index in [9.17, 15) is 4.79 Å². The van der Waals surface area contributed by atoms with E-state index in [1.807, 2.05) is 12.1 Å². The third-order valence-electron chi connectivity index (χ3n) is 4.92. The van der Waals surface area contributed by atoms with Crippen LogP contribution in [0.4, 0.5) is 0 Å². The van der Waals surface area contributed by atoms with Crippen molar-refractivity contribution in [1.82, 2.24) is 0 Å². The molecule has 1 aliphatic rings. The first-order chi connectivity index (χ1) is 9.70. The van der Waals surface area contributed by atoms with Gasteiger partial charge in [0, 0.05) is 12.0 Å². The molecule has 2 rings (SSSR count). The molecule has 20 heavy (non-hydrogen) atoms. The van der Waals surface area contributed by atoms with Crippen LogP contribution >= 0.6 is 0 Å². The highest BCUT2D eigenvalue weighted by Crippen LogP contribution is 2.28. The molecule has 110 valence electrons. The summed E-state index contributed by atoms with van der Waals surface area (Å²) in [6, 6.07) is 8.29. The fourth-order valence-corrected chi connectivity index (χ4v) is 3.19. The molecule has 0 aromatic heterocycles. The van der Waals surface area contributed by atoms with Crippen LogP contribution in [-0.4, -0.2) is 5.78 Å². The van der Waals surface area contributed by atoms with Gasteiger partial charge in [0.1, 0.15) is 0 Å². The zero-order valence-corrected chi connectivity index (χ0v) is 13.0. The number of Topliss-reactive ketones (excluding diaryl/α,β-unsaturated/α-hetero) is 1. The number of hydrogen-bond acceptors (Lipinski definition) is 1. The Hall–Kier alpha value is -1.11. The third-order valence-corrected chi connectivity index (χ3v) is 4.92. The van der Waals surface area contributed by atoms with Gasteiger partial charge < -0.3 is 0 Å². The fraction of sp³-hybridized carbons (Fsp3) is 0.632. The number of ketones is 1. The van der Waals surface area contributed by atoms with E-state index in [1.165, 1.54) is 37.7 Å². The highest BCUT2D eigenvalue weighted by atomic mass is 16.1. The van der Waals surface area contributed by atoms with Crippen molar-refractivity contribution in [3.8, 4) is 0 Å². The largest absolute Gasteiger partial charge is 0.294 e. The maximum absolute atomic E-state index is 12.2. The van der Waals surface area contributed by atoms with E-state index in [4.69, 9.17) is 0 Å². The molecule has 1 heteroatoms. The second-order valence-corrected chi connectivity index (χ2v) is 6.40. The summed E-state index contributed by atoms with van der Waals surface area (Å²) in [4.78, 5) is 12.2. The van der Waals surface area contributed by atoms with Crippen molar-refractivity contribution in [3.05, 3.63) is 35.4 Å². The van der Waals surface area contributed by atoms with Gasteiger partial charge in [-0.2, -0.15) is 0 Å². The van der Waals surface area contributed by atoms with Crippen LogP contribution in [0.15, 0.2) is 24.3 Å². The van der Waals surface area contributed by atoms with Crippen molar-refractivity contribution >= 4 is 5.78 Å².